The van der Waals surface area contributed by atoms with Crippen molar-refractivity contribution in [2.24, 2.45) is 0 Å². The molecule has 2 aromatic rings. The highest BCUT2D eigenvalue weighted by atomic mass is 79.9. The van der Waals surface area contributed by atoms with Gasteiger partial charge in [-0.3, -0.25) is 4.79 Å². The minimum Gasteiger partial charge on any atom is -0.289 e. The van der Waals surface area contributed by atoms with E-state index in [2.05, 4.69) is 25.5 Å². The Labute approximate surface area is 105 Å². The molecule has 0 fully saturated rings. The average Bonchev–Trinajstić information content (AvgIpc) is 2.80. The van der Waals surface area contributed by atoms with E-state index in [1.54, 1.807) is 23.6 Å². The third kappa shape index (κ3) is 2.84. The van der Waals surface area contributed by atoms with Gasteiger partial charge in [0.1, 0.15) is 0 Å². The Morgan fingerprint density at radius 1 is 1.31 bits per heavy atom. The molecule has 2 rings (SSSR count). The number of carbonyl (C=O) groups excluding carboxylic acids is 1. The monoisotopic (exact) mass is 294 g/mol. The summed E-state index contributed by atoms with van der Waals surface area (Å²) in [5, 5.41) is 5.60. The molecule has 1 aromatic carbocycles. The first-order valence-electron chi connectivity index (χ1n) is 4.51. The van der Waals surface area contributed by atoms with Crippen LogP contribution in [-0.2, 0) is 0 Å². The molecule has 0 unspecified atom stereocenters. The van der Waals surface area contributed by atoms with Crippen LogP contribution in [0.25, 0.3) is 6.08 Å². The van der Waals surface area contributed by atoms with Crippen LogP contribution in [-0.4, -0.2) is 15.4 Å². The molecule has 5 heteroatoms. The SMILES string of the molecule is O=C(/C=C\c1csnn1)c1ccc(Br)cc1. The van der Waals surface area contributed by atoms with Crippen molar-refractivity contribution >= 4 is 39.3 Å². The topological polar surface area (TPSA) is 42.9 Å². The summed E-state index contributed by atoms with van der Waals surface area (Å²) < 4.78 is 4.66. The summed E-state index contributed by atoms with van der Waals surface area (Å²) >= 11 is 4.58. The zero-order chi connectivity index (χ0) is 11.4. The fourth-order valence-corrected chi connectivity index (χ4v) is 1.80. The minimum atomic E-state index is -0.0412. The number of hydrogen-bond acceptors (Lipinski definition) is 4. The van der Waals surface area contributed by atoms with Crippen LogP contribution in [0.15, 0.2) is 40.2 Å². The van der Waals surface area contributed by atoms with Gasteiger partial charge in [-0.05, 0) is 47.9 Å². The van der Waals surface area contributed by atoms with Gasteiger partial charge in [-0.1, -0.05) is 20.4 Å². The molecule has 1 heterocycles. The van der Waals surface area contributed by atoms with Gasteiger partial charge < -0.3 is 0 Å². The van der Waals surface area contributed by atoms with E-state index >= 15 is 0 Å². The number of halogens is 1. The summed E-state index contributed by atoms with van der Waals surface area (Å²) in [6.45, 7) is 0. The van der Waals surface area contributed by atoms with E-state index in [1.807, 2.05) is 12.1 Å². The third-order valence-electron chi connectivity index (χ3n) is 1.91. The van der Waals surface area contributed by atoms with Crippen molar-refractivity contribution in [3.8, 4) is 0 Å². The lowest BCUT2D eigenvalue weighted by Crippen LogP contribution is -1.93. The Morgan fingerprint density at radius 2 is 2.06 bits per heavy atom. The number of allylic oxidation sites excluding steroid dienone is 1. The van der Waals surface area contributed by atoms with Gasteiger partial charge in [0.05, 0.1) is 5.69 Å². The summed E-state index contributed by atoms with van der Waals surface area (Å²) in [6, 6.07) is 7.23. The smallest absolute Gasteiger partial charge is 0.185 e. The Morgan fingerprint density at radius 3 is 2.69 bits per heavy atom. The van der Waals surface area contributed by atoms with E-state index in [0.29, 0.717) is 11.3 Å². The van der Waals surface area contributed by atoms with Crippen molar-refractivity contribution in [3.63, 3.8) is 0 Å². The van der Waals surface area contributed by atoms with Gasteiger partial charge >= 0.3 is 0 Å². The summed E-state index contributed by atoms with van der Waals surface area (Å²) in [5.74, 6) is -0.0412. The molecule has 80 valence electrons. The van der Waals surface area contributed by atoms with Crippen molar-refractivity contribution < 1.29 is 4.79 Å². The van der Waals surface area contributed by atoms with Crippen LogP contribution >= 0.6 is 27.5 Å². The maximum Gasteiger partial charge on any atom is 0.185 e. The lowest BCUT2D eigenvalue weighted by atomic mass is 10.1. The van der Waals surface area contributed by atoms with E-state index in [9.17, 15) is 4.79 Å². The molecule has 1 aromatic heterocycles. The highest BCUT2D eigenvalue weighted by Gasteiger charge is 2.01. The van der Waals surface area contributed by atoms with Crippen LogP contribution in [0, 0.1) is 0 Å². The largest absolute Gasteiger partial charge is 0.289 e. The Balaban J connectivity index is 2.11. The number of nitrogens with zero attached hydrogens (tertiary/aromatic N) is 2. The van der Waals surface area contributed by atoms with Crippen molar-refractivity contribution in [1.29, 1.82) is 0 Å². The van der Waals surface area contributed by atoms with Crippen LogP contribution in [0.2, 0.25) is 0 Å². The second-order valence-electron chi connectivity index (χ2n) is 3.03. The molecule has 0 aliphatic rings. The molecule has 3 nitrogen and oxygen atoms in total. The van der Waals surface area contributed by atoms with Crippen molar-refractivity contribution in [2.45, 2.75) is 0 Å². The van der Waals surface area contributed by atoms with Crippen LogP contribution in [0.3, 0.4) is 0 Å². The van der Waals surface area contributed by atoms with E-state index in [1.165, 1.54) is 17.6 Å². The zero-order valence-electron chi connectivity index (χ0n) is 8.13. The molecule has 0 amide bonds. The number of benzene rings is 1. The fraction of sp³-hybridized carbons (Fsp3) is 0. The highest BCUT2D eigenvalue weighted by Crippen LogP contribution is 2.11. The van der Waals surface area contributed by atoms with Gasteiger partial charge in [0.2, 0.25) is 0 Å². The number of rotatable bonds is 3. The summed E-state index contributed by atoms with van der Waals surface area (Å²) in [6.07, 6.45) is 3.16. The van der Waals surface area contributed by atoms with E-state index in [-0.39, 0.29) is 5.78 Å². The fourth-order valence-electron chi connectivity index (χ4n) is 1.12. The Kier molecular flexibility index (Phi) is 3.58. The van der Waals surface area contributed by atoms with Crippen LogP contribution in [0.1, 0.15) is 16.1 Å². The molecule has 0 radical (unpaired) electrons. The van der Waals surface area contributed by atoms with Crippen LogP contribution < -0.4 is 0 Å². The highest BCUT2D eigenvalue weighted by molar-refractivity contribution is 9.10. The Hall–Kier alpha value is -1.33. The molecular weight excluding hydrogens is 288 g/mol. The van der Waals surface area contributed by atoms with Crippen LogP contribution in [0.4, 0.5) is 0 Å². The molecule has 16 heavy (non-hydrogen) atoms. The van der Waals surface area contributed by atoms with E-state index in [0.717, 1.165) is 4.47 Å². The first kappa shape index (κ1) is 11.2. The second kappa shape index (κ2) is 5.14. The summed E-state index contributed by atoms with van der Waals surface area (Å²) in [5.41, 5.74) is 1.36. The van der Waals surface area contributed by atoms with Gasteiger partial charge in [0, 0.05) is 15.4 Å². The molecule has 0 N–H and O–H groups in total. The first-order chi connectivity index (χ1) is 7.75. The minimum absolute atomic E-state index is 0.0412. The maximum atomic E-state index is 11.7. The second-order valence-corrected chi connectivity index (χ2v) is 4.56. The first-order valence-corrected chi connectivity index (χ1v) is 6.14. The molecule has 0 atom stereocenters. The van der Waals surface area contributed by atoms with E-state index < -0.39 is 0 Å². The van der Waals surface area contributed by atoms with E-state index in [4.69, 9.17) is 0 Å². The molecular formula is C11H7BrN2OS. The number of carbonyl (C=O) groups is 1. The maximum absolute atomic E-state index is 11.7. The molecule has 0 aliphatic carbocycles. The normalized spacial score (nSPS) is 10.8. The number of ketones is 1. The Bertz CT molecular complexity index is 505. The quantitative estimate of drug-likeness (QED) is 0.645. The van der Waals surface area contributed by atoms with Crippen molar-refractivity contribution in [3.05, 3.63) is 51.5 Å². The predicted molar refractivity (Wildman–Crippen MR) is 67.4 cm³/mol. The lowest BCUT2D eigenvalue weighted by molar-refractivity contribution is 0.104. The van der Waals surface area contributed by atoms with Gasteiger partial charge in [0.15, 0.2) is 5.78 Å². The number of hydrogen-bond donors (Lipinski definition) is 0. The average molecular weight is 295 g/mol. The predicted octanol–water partition coefficient (Wildman–Crippen LogP) is 3.20. The van der Waals surface area contributed by atoms with Gasteiger partial charge in [-0.25, -0.2) is 0 Å². The summed E-state index contributed by atoms with van der Waals surface area (Å²) in [4.78, 5) is 11.7. The van der Waals surface area contributed by atoms with Gasteiger partial charge in [-0.2, -0.15) is 0 Å². The molecule has 0 saturated heterocycles. The molecule has 0 bridgehead atoms. The van der Waals surface area contributed by atoms with Gasteiger partial charge in [0.25, 0.3) is 0 Å². The lowest BCUT2D eigenvalue weighted by Gasteiger charge is -1.94. The molecule has 0 aliphatic heterocycles. The standard InChI is InChI=1S/C11H7BrN2OS/c12-9-3-1-8(2-4-9)11(15)6-5-10-7-16-14-13-10/h1-7H/b6-5-. The summed E-state index contributed by atoms with van der Waals surface area (Å²) in [7, 11) is 0. The third-order valence-corrected chi connectivity index (χ3v) is 2.96. The zero-order valence-corrected chi connectivity index (χ0v) is 10.5. The molecule has 0 saturated carbocycles. The van der Waals surface area contributed by atoms with Crippen molar-refractivity contribution in [1.82, 2.24) is 9.59 Å². The van der Waals surface area contributed by atoms with Gasteiger partial charge in [-0.15, -0.1) is 5.10 Å². The van der Waals surface area contributed by atoms with Crippen LogP contribution in [0.5, 0.6) is 0 Å². The number of aromatic nitrogens is 2. The van der Waals surface area contributed by atoms with Crippen molar-refractivity contribution in [2.75, 3.05) is 0 Å². The molecule has 0 spiro atoms.